The summed E-state index contributed by atoms with van der Waals surface area (Å²) < 4.78 is 63.4. The average molecular weight is 495 g/mol. The third-order valence-electron chi connectivity index (χ3n) is 6.84. The van der Waals surface area contributed by atoms with Gasteiger partial charge in [-0.25, -0.2) is 21.7 Å². The molecule has 0 amide bonds. The standard InChI is InChI=1S/C24H31FN2O4S2/c1-32(28)26-18-24(11-14-31-15-12-24)21-10-9-20(22(25)16-21)17-27-13-5-8-23(33(27,29)30)19-6-3-2-4-7-19/h2-4,6-7,9-10,16,23,26H,5,8,11-15,17-18H2,1H3/t23-,32?/m1/s1. The van der Waals surface area contributed by atoms with Crippen molar-refractivity contribution in [1.82, 2.24) is 9.03 Å². The molecule has 9 heteroatoms. The molecule has 0 spiro atoms. The molecule has 0 bridgehead atoms. The van der Waals surface area contributed by atoms with E-state index in [1.165, 1.54) is 10.4 Å². The van der Waals surface area contributed by atoms with Crippen molar-refractivity contribution in [2.45, 2.75) is 42.9 Å². The van der Waals surface area contributed by atoms with E-state index in [1.54, 1.807) is 12.3 Å². The Hall–Kier alpha value is -1.65. The molecule has 0 aliphatic carbocycles. The van der Waals surface area contributed by atoms with Crippen LogP contribution in [-0.4, -0.2) is 49.5 Å². The molecule has 1 unspecified atom stereocenters. The largest absolute Gasteiger partial charge is 0.381 e. The van der Waals surface area contributed by atoms with Crippen LogP contribution in [0.4, 0.5) is 4.39 Å². The number of rotatable bonds is 7. The van der Waals surface area contributed by atoms with E-state index in [1.807, 2.05) is 36.4 Å². The van der Waals surface area contributed by atoms with Crippen LogP contribution in [0.3, 0.4) is 0 Å². The SMILES string of the molecule is CS(=O)NCC1(c2ccc(CN3CCC[C@H](c4ccccc4)S3(=O)=O)c(F)c2)CCOCC1. The second kappa shape index (κ2) is 10.3. The van der Waals surface area contributed by atoms with E-state index >= 15 is 4.39 Å². The number of nitrogens with zero attached hydrogens (tertiary/aromatic N) is 1. The molecule has 4 rings (SSSR count). The third kappa shape index (κ3) is 5.38. The lowest BCUT2D eigenvalue weighted by Crippen LogP contribution is -2.43. The Balaban J connectivity index is 1.56. The molecule has 6 nitrogen and oxygen atoms in total. The zero-order chi connectivity index (χ0) is 23.5. The second-order valence-corrected chi connectivity index (χ2v) is 12.2. The Bertz CT molecular complexity index is 1090. The fourth-order valence-electron chi connectivity index (χ4n) is 4.85. The van der Waals surface area contributed by atoms with Crippen LogP contribution in [0.25, 0.3) is 0 Å². The van der Waals surface area contributed by atoms with Gasteiger partial charge in [0.05, 0.1) is 11.0 Å². The van der Waals surface area contributed by atoms with Gasteiger partial charge in [0.25, 0.3) is 0 Å². The zero-order valence-corrected chi connectivity index (χ0v) is 20.5. The Morgan fingerprint density at radius 2 is 1.91 bits per heavy atom. The maximum atomic E-state index is 15.3. The number of benzene rings is 2. The van der Waals surface area contributed by atoms with E-state index in [-0.39, 0.29) is 12.0 Å². The highest BCUT2D eigenvalue weighted by atomic mass is 32.2. The van der Waals surface area contributed by atoms with Crippen molar-refractivity contribution in [3.05, 3.63) is 71.0 Å². The number of ether oxygens (including phenoxy) is 1. The highest BCUT2D eigenvalue weighted by Crippen LogP contribution is 2.37. The minimum Gasteiger partial charge on any atom is -0.381 e. The molecule has 0 saturated carbocycles. The Kier molecular flexibility index (Phi) is 7.65. The number of hydrogen-bond acceptors (Lipinski definition) is 4. The summed E-state index contributed by atoms with van der Waals surface area (Å²) in [6, 6.07) is 14.3. The fourth-order valence-corrected chi connectivity index (χ4v) is 7.36. The molecule has 33 heavy (non-hydrogen) atoms. The van der Waals surface area contributed by atoms with Crippen LogP contribution in [0.15, 0.2) is 48.5 Å². The third-order valence-corrected chi connectivity index (χ3v) is 9.65. The molecule has 2 atom stereocenters. The van der Waals surface area contributed by atoms with Crippen molar-refractivity contribution in [3.8, 4) is 0 Å². The summed E-state index contributed by atoms with van der Waals surface area (Å²) in [7, 11) is -4.75. The van der Waals surface area contributed by atoms with Gasteiger partial charge in [-0.15, -0.1) is 0 Å². The molecule has 2 saturated heterocycles. The van der Waals surface area contributed by atoms with Crippen molar-refractivity contribution in [2.75, 3.05) is 32.6 Å². The molecule has 0 aromatic heterocycles. The molecular weight excluding hydrogens is 463 g/mol. The van der Waals surface area contributed by atoms with Crippen molar-refractivity contribution in [3.63, 3.8) is 0 Å². The molecule has 1 N–H and O–H groups in total. The van der Waals surface area contributed by atoms with Gasteiger partial charge in [-0.2, -0.15) is 4.31 Å². The van der Waals surface area contributed by atoms with Gasteiger partial charge >= 0.3 is 0 Å². The fraction of sp³-hybridized carbons (Fsp3) is 0.500. The normalized spacial score (nSPS) is 23.8. The number of nitrogens with one attached hydrogen (secondary N) is 1. The van der Waals surface area contributed by atoms with E-state index in [4.69, 9.17) is 4.74 Å². The lowest BCUT2D eigenvalue weighted by Gasteiger charge is -2.38. The van der Waals surface area contributed by atoms with Gasteiger partial charge < -0.3 is 4.74 Å². The van der Waals surface area contributed by atoms with Gasteiger partial charge in [0.15, 0.2) is 0 Å². The summed E-state index contributed by atoms with van der Waals surface area (Å²) in [5.74, 6) is -0.409. The van der Waals surface area contributed by atoms with Gasteiger partial charge in [0.1, 0.15) is 11.1 Å². The van der Waals surface area contributed by atoms with Gasteiger partial charge in [-0.1, -0.05) is 42.5 Å². The van der Waals surface area contributed by atoms with Gasteiger partial charge in [0, 0.05) is 50.1 Å². The van der Waals surface area contributed by atoms with E-state index in [0.29, 0.717) is 51.1 Å². The minimum absolute atomic E-state index is 0.0190. The molecule has 2 aliphatic rings. The summed E-state index contributed by atoms with van der Waals surface area (Å²) in [6.07, 6.45) is 4.30. The predicted octanol–water partition coefficient (Wildman–Crippen LogP) is 3.42. The number of sulfonamides is 1. The topological polar surface area (TPSA) is 75.7 Å². The van der Waals surface area contributed by atoms with Crippen molar-refractivity contribution in [2.24, 2.45) is 0 Å². The van der Waals surface area contributed by atoms with Crippen molar-refractivity contribution < 1.29 is 21.8 Å². The molecule has 2 aliphatic heterocycles. The first kappa shape index (κ1) is 24.5. The molecule has 2 heterocycles. The Morgan fingerprint density at radius 1 is 1.18 bits per heavy atom. The summed E-state index contributed by atoms with van der Waals surface area (Å²) in [5, 5.41) is -0.596. The molecule has 2 fully saturated rings. The predicted molar refractivity (Wildman–Crippen MR) is 128 cm³/mol. The average Bonchev–Trinajstić information content (AvgIpc) is 2.81. The van der Waals surface area contributed by atoms with Crippen LogP contribution in [0.1, 0.15) is 47.6 Å². The number of halogens is 1. The first-order valence-corrected chi connectivity index (χ1v) is 14.4. The van der Waals surface area contributed by atoms with E-state index in [2.05, 4.69) is 4.72 Å². The lowest BCUT2D eigenvalue weighted by molar-refractivity contribution is 0.0517. The Morgan fingerprint density at radius 3 is 2.58 bits per heavy atom. The maximum absolute atomic E-state index is 15.3. The van der Waals surface area contributed by atoms with Gasteiger partial charge in [0.2, 0.25) is 10.0 Å². The Labute approximate surface area is 198 Å². The van der Waals surface area contributed by atoms with Crippen molar-refractivity contribution in [1.29, 1.82) is 0 Å². The first-order valence-electron chi connectivity index (χ1n) is 11.3. The quantitative estimate of drug-likeness (QED) is 0.640. The number of hydrogen-bond donors (Lipinski definition) is 1. The lowest BCUT2D eigenvalue weighted by atomic mass is 9.74. The second-order valence-electron chi connectivity index (χ2n) is 8.89. The van der Waals surface area contributed by atoms with Crippen molar-refractivity contribution >= 4 is 21.0 Å². The minimum atomic E-state index is -3.59. The van der Waals surface area contributed by atoms with E-state index in [0.717, 1.165) is 17.5 Å². The highest BCUT2D eigenvalue weighted by molar-refractivity contribution is 7.89. The van der Waals surface area contributed by atoms with Crippen LogP contribution >= 0.6 is 0 Å². The molecule has 180 valence electrons. The molecule has 2 aromatic rings. The molecule has 0 radical (unpaired) electrons. The summed E-state index contributed by atoms with van der Waals surface area (Å²) >= 11 is 0. The smallest absolute Gasteiger partial charge is 0.221 e. The van der Waals surface area contributed by atoms with E-state index < -0.39 is 32.1 Å². The van der Waals surface area contributed by atoms with Gasteiger partial charge in [-0.05, 0) is 42.9 Å². The summed E-state index contributed by atoms with van der Waals surface area (Å²) in [6.45, 7) is 2.01. The van der Waals surface area contributed by atoms with Crippen LogP contribution in [0, 0.1) is 5.82 Å². The van der Waals surface area contributed by atoms with Crippen LogP contribution in [0.5, 0.6) is 0 Å². The van der Waals surface area contributed by atoms with Crippen LogP contribution in [-0.2, 0) is 37.7 Å². The van der Waals surface area contributed by atoms with Crippen LogP contribution < -0.4 is 4.72 Å². The van der Waals surface area contributed by atoms with Gasteiger partial charge in [-0.3, -0.25) is 0 Å². The first-order chi connectivity index (χ1) is 15.8. The summed E-state index contributed by atoms with van der Waals surface area (Å²) in [5.41, 5.74) is 1.61. The molecule has 2 aromatic carbocycles. The molecular formula is C24H31FN2O4S2. The van der Waals surface area contributed by atoms with E-state index in [9.17, 15) is 12.6 Å². The monoisotopic (exact) mass is 494 g/mol. The maximum Gasteiger partial charge on any atom is 0.221 e. The highest BCUT2D eigenvalue weighted by Gasteiger charge is 2.38. The zero-order valence-electron chi connectivity index (χ0n) is 18.8. The summed E-state index contributed by atoms with van der Waals surface area (Å²) in [4.78, 5) is 0. The van der Waals surface area contributed by atoms with Crippen LogP contribution in [0.2, 0.25) is 0 Å².